The van der Waals surface area contributed by atoms with Gasteiger partial charge < -0.3 is 10.6 Å². The molecule has 0 unspecified atom stereocenters. The lowest BCUT2D eigenvalue weighted by Crippen LogP contribution is -2.40. The van der Waals surface area contributed by atoms with Crippen molar-refractivity contribution in [1.82, 2.24) is 10.6 Å². The molecule has 1 aromatic carbocycles. The number of carbonyl (C=O) groups is 2. The van der Waals surface area contributed by atoms with E-state index in [9.17, 15) is 9.59 Å². The van der Waals surface area contributed by atoms with Gasteiger partial charge in [0.1, 0.15) is 0 Å². The van der Waals surface area contributed by atoms with Crippen molar-refractivity contribution < 1.29 is 9.59 Å². The van der Waals surface area contributed by atoms with Crippen molar-refractivity contribution in [3.8, 4) is 0 Å². The van der Waals surface area contributed by atoms with E-state index in [2.05, 4.69) is 49.2 Å². The van der Waals surface area contributed by atoms with Gasteiger partial charge in [0.25, 0.3) is 5.91 Å². The Labute approximate surface area is 128 Å². The van der Waals surface area contributed by atoms with E-state index in [0.717, 1.165) is 8.04 Å². The Kier molecular flexibility index (Phi) is 6.07. The number of benzene rings is 1. The fourth-order valence-corrected chi connectivity index (χ4v) is 2.24. The maximum atomic E-state index is 11.9. The Balaban J connectivity index is 2.60. The second-order valence-electron chi connectivity index (χ2n) is 4.03. The smallest absolute Gasteiger partial charge is 0.252 e. The summed E-state index contributed by atoms with van der Waals surface area (Å²) in [6, 6.07) is 5.51. The maximum absolute atomic E-state index is 11.9. The fraction of sp³-hybridized carbons (Fsp3) is 0.333. The van der Waals surface area contributed by atoms with E-state index < -0.39 is 0 Å². The first-order chi connectivity index (χ1) is 8.40. The minimum Gasteiger partial charge on any atom is -0.352 e. The first-order valence-electron chi connectivity index (χ1n) is 5.42. The number of halogens is 2. The molecule has 6 heteroatoms. The minimum atomic E-state index is -0.250. The highest BCUT2D eigenvalue weighted by Gasteiger charge is 2.12. The predicted octanol–water partition coefficient (Wildman–Crippen LogP) is 2.31. The lowest BCUT2D eigenvalue weighted by atomic mass is 10.2. The number of rotatable bonds is 4. The van der Waals surface area contributed by atoms with Gasteiger partial charge in [-0.2, -0.15) is 0 Å². The fourth-order valence-electron chi connectivity index (χ4n) is 1.30. The molecule has 98 valence electrons. The van der Waals surface area contributed by atoms with Crippen molar-refractivity contribution in [2.45, 2.75) is 19.9 Å². The van der Waals surface area contributed by atoms with Gasteiger partial charge in [0, 0.05) is 14.1 Å². The quantitative estimate of drug-likeness (QED) is 0.728. The van der Waals surface area contributed by atoms with Gasteiger partial charge in [-0.1, -0.05) is 15.9 Å². The molecule has 2 amide bonds. The zero-order chi connectivity index (χ0) is 13.7. The van der Waals surface area contributed by atoms with Gasteiger partial charge >= 0.3 is 0 Å². The molecule has 0 radical (unpaired) electrons. The summed E-state index contributed by atoms with van der Waals surface area (Å²) < 4.78 is 1.68. The lowest BCUT2D eigenvalue weighted by molar-refractivity contribution is -0.120. The third-order valence-corrected chi connectivity index (χ3v) is 3.47. The van der Waals surface area contributed by atoms with Crippen LogP contribution >= 0.6 is 38.5 Å². The van der Waals surface area contributed by atoms with Crippen LogP contribution in [0.3, 0.4) is 0 Å². The van der Waals surface area contributed by atoms with Crippen LogP contribution in [0.15, 0.2) is 22.7 Å². The predicted molar refractivity (Wildman–Crippen MR) is 82.5 cm³/mol. The van der Waals surface area contributed by atoms with E-state index in [4.69, 9.17) is 0 Å². The van der Waals surface area contributed by atoms with Crippen molar-refractivity contribution in [3.05, 3.63) is 31.8 Å². The summed E-state index contributed by atoms with van der Waals surface area (Å²) in [5.41, 5.74) is 0.558. The third kappa shape index (κ3) is 4.93. The van der Waals surface area contributed by atoms with Crippen LogP contribution in [-0.2, 0) is 4.79 Å². The van der Waals surface area contributed by atoms with E-state index in [1.165, 1.54) is 0 Å². The number of amides is 2. The number of carbonyl (C=O) groups excluding carboxylic acids is 2. The Morgan fingerprint density at radius 1 is 1.39 bits per heavy atom. The monoisotopic (exact) mass is 424 g/mol. The molecule has 0 aliphatic heterocycles. The largest absolute Gasteiger partial charge is 0.352 e. The van der Waals surface area contributed by atoms with Crippen LogP contribution in [0.25, 0.3) is 0 Å². The number of hydrogen-bond acceptors (Lipinski definition) is 2. The second kappa shape index (κ2) is 7.08. The maximum Gasteiger partial charge on any atom is 0.252 e. The molecule has 1 aromatic rings. The topological polar surface area (TPSA) is 58.2 Å². The zero-order valence-corrected chi connectivity index (χ0v) is 13.8. The normalized spacial score (nSPS) is 10.3. The standard InChI is InChI=1S/C12H14BrIN2O2/c1-7(2)16-11(17)6-15-12(18)9-5-8(13)3-4-10(9)14/h3-5,7H,6H2,1-2H3,(H,15,18)(H,16,17). The molecule has 0 fully saturated rings. The Morgan fingerprint density at radius 3 is 2.67 bits per heavy atom. The molecule has 0 aromatic heterocycles. The molecule has 0 saturated carbocycles. The highest BCUT2D eigenvalue weighted by molar-refractivity contribution is 14.1. The summed E-state index contributed by atoms with van der Waals surface area (Å²) in [5.74, 6) is -0.442. The zero-order valence-electron chi connectivity index (χ0n) is 10.1. The van der Waals surface area contributed by atoms with Crippen LogP contribution in [-0.4, -0.2) is 24.4 Å². The Hall–Kier alpha value is -0.630. The van der Waals surface area contributed by atoms with Crippen LogP contribution in [0.2, 0.25) is 0 Å². The van der Waals surface area contributed by atoms with Gasteiger partial charge in [-0.05, 0) is 54.6 Å². The first kappa shape index (κ1) is 15.4. The highest BCUT2D eigenvalue weighted by atomic mass is 127. The molecule has 0 bridgehead atoms. The van der Waals surface area contributed by atoms with Gasteiger partial charge in [-0.25, -0.2) is 0 Å². The average Bonchev–Trinajstić information content (AvgIpc) is 2.28. The molecular weight excluding hydrogens is 411 g/mol. The second-order valence-corrected chi connectivity index (χ2v) is 6.11. The minimum absolute atomic E-state index is 0.0143. The molecule has 0 heterocycles. The van der Waals surface area contributed by atoms with Crippen LogP contribution < -0.4 is 10.6 Å². The van der Waals surface area contributed by atoms with Crippen LogP contribution in [0.5, 0.6) is 0 Å². The molecule has 2 N–H and O–H groups in total. The average molecular weight is 425 g/mol. The van der Waals surface area contributed by atoms with E-state index >= 15 is 0 Å². The van der Waals surface area contributed by atoms with Gasteiger partial charge in [-0.3, -0.25) is 9.59 Å². The van der Waals surface area contributed by atoms with Gasteiger partial charge in [0.15, 0.2) is 0 Å². The van der Waals surface area contributed by atoms with Crippen molar-refractivity contribution >= 4 is 50.3 Å². The van der Waals surface area contributed by atoms with E-state index in [1.807, 2.05) is 26.0 Å². The molecule has 4 nitrogen and oxygen atoms in total. The molecule has 1 rings (SSSR count). The lowest BCUT2D eigenvalue weighted by Gasteiger charge is -2.10. The van der Waals surface area contributed by atoms with E-state index in [-0.39, 0.29) is 24.4 Å². The van der Waals surface area contributed by atoms with E-state index in [0.29, 0.717) is 5.56 Å². The van der Waals surface area contributed by atoms with Crippen molar-refractivity contribution in [2.75, 3.05) is 6.54 Å². The Bertz CT molecular complexity index is 463. The van der Waals surface area contributed by atoms with Crippen molar-refractivity contribution in [2.24, 2.45) is 0 Å². The molecule has 18 heavy (non-hydrogen) atoms. The van der Waals surface area contributed by atoms with Gasteiger partial charge in [0.05, 0.1) is 12.1 Å². The molecule has 0 saturated heterocycles. The van der Waals surface area contributed by atoms with Gasteiger partial charge in [0.2, 0.25) is 5.91 Å². The molecular formula is C12H14BrIN2O2. The van der Waals surface area contributed by atoms with E-state index in [1.54, 1.807) is 6.07 Å². The van der Waals surface area contributed by atoms with Crippen molar-refractivity contribution in [1.29, 1.82) is 0 Å². The molecule has 0 aliphatic rings. The molecule has 0 aliphatic carbocycles. The molecule has 0 spiro atoms. The van der Waals surface area contributed by atoms with Crippen LogP contribution in [0.1, 0.15) is 24.2 Å². The summed E-state index contributed by atoms with van der Waals surface area (Å²) in [6.45, 7) is 3.73. The van der Waals surface area contributed by atoms with Gasteiger partial charge in [-0.15, -0.1) is 0 Å². The SMILES string of the molecule is CC(C)NC(=O)CNC(=O)c1cc(Br)ccc1I. The summed E-state index contributed by atoms with van der Waals surface area (Å²) >= 11 is 5.40. The summed E-state index contributed by atoms with van der Waals surface area (Å²) in [5, 5.41) is 5.31. The van der Waals surface area contributed by atoms with Crippen molar-refractivity contribution in [3.63, 3.8) is 0 Å². The molecule has 0 atom stereocenters. The first-order valence-corrected chi connectivity index (χ1v) is 7.30. The van der Waals surface area contributed by atoms with Crippen LogP contribution in [0, 0.1) is 3.57 Å². The summed E-state index contributed by atoms with van der Waals surface area (Å²) in [4.78, 5) is 23.3. The number of hydrogen-bond donors (Lipinski definition) is 2. The Morgan fingerprint density at radius 2 is 2.06 bits per heavy atom. The third-order valence-electron chi connectivity index (χ3n) is 2.03. The summed E-state index contributed by atoms with van der Waals surface area (Å²) in [6.07, 6.45) is 0. The highest BCUT2D eigenvalue weighted by Crippen LogP contribution is 2.18. The van der Waals surface area contributed by atoms with Crippen LogP contribution in [0.4, 0.5) is 0 Å². The number of nitrogens with one attached hydrogen (secondary N) is 2. The summed E-state index contributed by atoms with van der Waals surface area (Å²) in [7, 11) is 0.